The number of aromatic nitrogens is 2. The van der Waals surface area contributed by atoms with E-state index >= 15 is 0 Å². The summed E-state index contributed by atoms with van der Waals surface area (Å²) >= 11 is 2.93. The number of nitrogens with one attached hydrogen (secondary N) is 1. The van der Waals surface area contributed by atoms with Crippen LogP contribution in [0.4, 0.5) is 5.13 Å². The van der Waals surface area contributed by atoms with Crippen LogP contribution in [-0.2, 0) is 9.84 Å². The summed E-state index contributed by atoms with van der Waals surface area (Å²) in [6.45, 7) is 1.95. The Hall–Kier alpha value is -2.36. The van der Waals surface area contributed by atoms with Crippen LogP contribution in [0.15, 0.2) is 41.3 Å². The summed E-state index contributed by atoms with van der Waals surface area (Å²) < 4.78 is 25.8. The fourth-order valence-electron chi connectivity index (χ4n) is 2.68. The Morgan fingerprint density at radius 1 is 1.08 bits per heavy atom. The van der Waals surface area contributed by atoms with Gasteiger partial charge in [-0.2, -0.15) is 0 Å². The van der Waals surface area contributed by atoms with Crippen LogP contribution in [0.5, 0.6) is 0 Å². The zero-order chi connectivity index (χ0) is 18.5. The Morgan fingerprint density at radius 3 is 2.62 bits per heavy atom. The SMILES string of the molecule is Cc1nc2c(ccc3nc(NC(=O)c4ccccc4S(C)(=O)=O)sc32)s1. The first kappa shape index (κ1) is 17.1. The molecule has 4 aromatic rings. The fraction of sp³-hybridized carbons (Fsp3) is 0.118. The minimum absolute atomic E-state index is 0.00359. The van der Waals surface area contributed by atoms with Crippen LogP contribution in [0.1, 0.15) is 15.4 Å². The minimum atomic E-state index is -3.51. The van der Waals surface area contributed by atoms with Gasteiger partial charge >= 0.3 is 0 Å². The summed E-state index contributed by atoms with van der Waals surface area (Å²) in [5.41, 5.74) is 1.72. The van der Waals surface area contributed by atoms with Crippen molar-refractivity contribution in [2.24, 2.45) is 0 Å². The van der Waals surface area contributed by atoms with Gasteiger partial charge in [-0.05, 0) is 31.2 Å². The largest absolute Gasteiger partial charge is 0.298 e. The van der Waals surface area contributed by atoms with E-state index in [-0.39, 0.29) is 10.5 Å². The van der Waals surface area contributed by atoms with Crippen LogP contribution >= 0.6 is 22.7 Å². The van der Waals surface area contributed by atoms with Crippen molar-refractivity contribution in [3.63, 3.8) is 0 Å². The van der Waals surface area contributed by atoms with E-state index < -0.39 is 15.7 Å². The number of nitrogens with zero attached hydrogens (tertiary/aromatic N) is 2. The van der Waals surface area contributed by atoms with Crippen molar-refractivity contribution in [2.75, 3.05) is 11.6 Å². The van der Waals surface area contributed by atoms with E-state index in [9.17, 15) is 13.2 Å². The quantitative estimate of drug-likeness (QED) is 0.561. The highest BCUT2D eigenvalue weighted by molar-refractivity contribution is 7.90. The number of benzene rings is 2. The maximum Gasteiger partial charge on any atom is 0.258 e. The van der Waals surface area contributed by atoms with Crippen LogP contribution in [0.25, 0.3) is 20.4 Å². The number of anilines is 1. The van der Waals surface area contributed by atoms with Gasteiger partial charge in [-0.1, -0.05) is 23.5 Å². The maximum atomic E-state index is 12.6. The van der Waals surface area contributed by atoms with Crippen molar-refractivity contribution >= 4 is 64.0 Å². The molecular weight excluding hydrogens is 390 g/mol. The monoisotopic (exact) mass is 403 g/mol. The first-order valence-electron chi connectivity index (χ1n) is 7.60. The van der Waals surface area contributed by atoms with Gasteiger partial charge < -0.3 is 0 Å². The van der Waals surface area contributed by atoms with Gasteiger partial charge in [0.05, 0.1) is 30.4 Å². The highest BCUT2D eigenvalue weighted by Crippen LogP contribution is 2.34. The molecule has 2 aromatic heterocycles. The standard InChI is InChI=1S/C17H13N3O3S3/c1-9-18-14-12(24-9)8-7-11-15(14)25-17(19-11)20-16(21)10-5-3-4-6-13(10)26(2,22)23/h3-8H,1-2H3,(H,19,20,21). The molecule has 0 aliphatic carbocycles. The Bertz CT molecular complexity index is 1270. The molecule has 1 N–H and O–H groups in total. The van der Waals surface area contributed by atoms with E-state index in [0.29, 0.717) is 5.13 Å². The molecule has 9 heteroatoms. The van der Waals surface area contributed by atoms with Gasteiger partial charge in [0.15, 0.2) is 15.0 Å². The van der Waals surface area contributed by atoms with Crippen molar-refractivity contribution in [1.82, 2.24) is 9.97 Å². The number of hydrogen-bond acceptors (Lipinski definition) is 7. The van der Waals surface area contributed by atoms with Crippen LogP contribution < -0.4 is 5.32 Å². The molecule has 6 nitrogen and oxygen atoms in total. The molecule has 0 fully saturated rings. The lowest BCUT2D eigenvalue weighted by Crippen LogP contribution is -2.15. The minimum Gasteiger partial charge on any atom is -0.298 e. The summed E-state index contributed by atoms with van der Waals surface area (Å²) in [6.07, 6.45) is 1.08. The van der Waals surface area contributed by atoms with Gasteiger partial charge in [-0.15, -0.1) is 11.3 Å². The summed E-state index contributed by atoms with van der Waals surface area (Å²) in [5.74, 6) is -0.504. The van der Waals surface area contributed by atoms with Gasteiger partial charge in [-0.3, -0.25) is 10.1 Å². The first-order valence-corrected chi connectivity index (χ1v) is 11.1. The number of carbonyl (C=O) groups excluding carboxylic acids is 1. The molecule has 26 heavy (non-hydrogen) atoms. The van der Waals surface area contributed by atoms with E-state index in [2.05, 4.69) is 15.3 Å². The number of carbonyl (C=O) groups is 1. The molecule has 0 radical (unpaired) electrons. The second-order valence-corrected chi connectivity index (χ2v) is 9.95. The average molecular weight is 404 g/mol. The Balaban J connectivity index is 1.74. The highest BCUT2D eigenvalue weighted by atomic mass is 32.2. The zero-order valence-corrected chi connectivity index (χ0v) is 16.3. The van der Waals surface area contributed by atoms with Gasteiger partial charge in [0.25, 0.3) is 5.91 Å². The topological polar surface area (TPSA) is 89.0 Å². The predicted octanol–water partition coefficient (Wildman–Crippen LogP) is 3.87. The van der Waals surface area contributed by atoms with Gasteiger partial charge in [-0.25, -0.2) is 18.4 Å². The number of thiazole rings is 2. The average Bonchev–Trinajstić information content (AvgIpc) is 3.15. The van der Waals surface area contributed by atoms with Crippen LogP contribution in [-0.4, -0.2) is 30.5 Å². The number of aryl methyl sites for hydroxylation is 1. The number of sulfone groups is 1. The molecule has 0 unspecified atom stereocenters. The van der Waals surface area contributed by atoms with Crippen molar-refractivity contribution in [3.8, 4) is 0 Å². The molecule has 1 amide bonds. The molecule has 0 aliphatic heterocycles. The molecule has 4 rings (SSSR count). The zero-order valence-electron chi connectivity index (χ0n) is 13.8. The van der Waals surface area contributed by atoms with Crippen molar-refractivity contribution < 1.29 is 13.2 Å². The first-order chi connectivity index (χ1) is 12.3. The Labute approximate surface area is 157 Å². The van der Waals surface area contributed by atoms with Crippen molar-refractivity contribution in [1.29, 1.82) is 0 Å². The number of fused-ring (bicyclic) bond motifs is 3. The Morgan fingerprint density at radius 2 is 1.85 bits per heavy atom. The van der Waals surface area contributed by atoms with E-state index in [1.54, 1.807) is 23.5 Å². The maximum absolute atomic E-state index is 12.6. The number of rotatable bonds is 3. The smallest absolute Gasteiger partial charge is 0.258 e. The molecule has 0 spiro atoms. The Kier molecular flexibility index (Phi) is 4.02. The molecule has 0 atom stereocenters. The van der Waals surface area contributed by atoms with Crippen molar-refractivity contribution in [3.05, 3.63) is 47.0 Å². The molecule has 0 aliphatic rings. The summed E-state index contributed by atoms with van der Waals surface area (Å²) in [6, 6.07) is 9.99. The number of amides is 1. The van der Waals surface area contributed by atoms with Crippen molar-refractivity contribution in [2.45, 2.75) is 11.8 Å². The normalized spacial score (nSPS) is 11.9. The summed E-state index contributed by atoms with van der Waals surface area (Å²) in [4.78, 5) is 21.6. The fourth-order valence-corrected chi connectivity index (χ4v) is 5.42. The third kappa shape index (κ3) is 2.98. The second-order valence-electron chi connectivity index (χ2n) is 5.73. The molecular formula is C17H13N3O3S3. The van der Waals surface area contributed by atoms with E-state index in [1.807, 2.05) is 19.1 Å². The molecule has 0 saturated heterocycles. The lowest BCUT2D eigenvalue weighted by atomic mass is 10.2. The van der Waals surface area contributed by atoms with E-state index in [0.717, 1.165) is 31.7 Å². The van der Waals surface area contributed by atoms with E-state index in [4.69, 9.17) is 0 Å². The van der Waals surface area contributed by atoms with Crippen LogP contribution in [0.2, 0.25) is 0 Å². The lowest BCUT2D eigenvalue weighted by molar-refractivity contribution is 0.102. The van der Waals surface area contributed by atoms with Gasteiger partial charge in [0, 0.05) is 6.26 Å². The highest BCUT2D eigenvalue weighted by Gasteiger charge is 2.19. The van der Waals surface area contributed by atoms with E-state index in [1.165, 1.54) is 23.5 Å². The predicted molar refractivity (Wildman–Crippen MR) is 105 cm³/mol. The molecule has 2 aromatic carbocycles. The molecule has 0 bridgehead atoms. The number of hydrogen-bond donors (Lipinski definition) is 1. The molecule has 2 heterocycles. The summed E-state index contributed by atoms with van der Waals surface area (Å²) in [7, 11) is -3.51. The summed E-state index contributed by atoms with van der Waals surface area (Å²) in [5, 5.41) is 4.09. The van der Waals surface area contributed by atoms with Crippen LogP contribution in [0.3, 0.4) is 0 Å². The second kappa shape index (κ2) is 6.11. The molecule has 0 saturated carbocycles. The lowest BCUT2D eigenvalue weighted by Gasteiger charge is -2.06. The van der Waals surface area contributed by atoms with Gasteiger partial charge in [0.2, 0.25) is 0 Å². The third-order valence-corrected chi connectivity index (χ3v) is 6.86. The van der Waals surface area contributed by atoms with Crippen LogP contribution in [0, 0.1) is 6.92 Å². The van der Waals surface area contributed by atoms with Gasteiger partial charge in [0.1, 0.15) is 5.52 Å². The third-order valence-electron chi connectivity index (χ3n) is 3.77. The molecule has 132 valence electrons.